The van der Waals surface area contributed by atoms with E-state index in [0.29, 0.717) is 12.0 Å². The highest BCUT2D eigenvalue weighted by Crippen LogP contribution is 2.40. The number of fused-ring (bicyclic) bond motifs is 1. The zero-order valence-corrected chi connectivity index (χ0v) is 12.3. The number of rotatable bonds is 4. The number of nitrogens with one attached hydrogen (secondary N) is 1. The molecule has 1 aliphatic carbocycles. The Hall–Kier alpha value is -1.84. The second kappa shape index (κ2) is 5.17. The fourth-order valence-corrected chi connectivity index (χ4v) is 3.00. The van der Waals surface area contributed by atoms with E-state index < -0.39 is 0 Å². The molecule has 0 spiro atoms. The molecular formula is C17H16ClN3. The summed E-state index contributed by atoms with van der Waals surface area (Å²) in [5.41, 5.74) is 3.42. The number of halogens is 1. The van der Waals surface area contributed by atoms with E-state index in [4.69, 9.17) is 11.6 Å². The molecule has 2 atom stereocenters. The third kappa shape index (κ3) is 2.67. The number of nitrogens with zero attached hydrogens (tertiary/aromatic N) is 2. The maximum Gasteiger partial charge on any atom is 0.137 e. The van der Waals surface area contributed by atoms with Gasteiger partial charge in [-0.2, -0.15) is 0 Å². The van der Waals surface area contributed by atoms with Gasteiger partial charge < -0.3 is 9.72 Å². The molecule has 0 aliphatic heterocycles. The maximum absolute atomic E-state index is 5.99. The number of benzene rings is 1. The highest BCUT2D eigenvalue weighted by molar-refractivity contribution is 6.30. The molecular weight excluding hydrogens is 282 g/mol. The van der Waals surface area contributed by atoms with Crippen LogP contribution in [0.4, 0.5) is 0 Å². The minimum absolute atomic E-state index is 0.570. The van der Waals surface area contributed by atoms with Crippen LogP contribution < -0.4 is 5.32 Å². The van der Waals surface area contributed by atoms with E-state index in [1.807, 2.05) is 28.9 Å². The van der Waals surface area contributed by atoms with E-state index in [0.717, 1.165) is 22.9 Å². The van der Waals surface area contributed by atoms with Crippen molar-refractivity contribution in [3.05, 3.63) is 71.1 Å². The number of aromatic nitrogens is 2. The highest BCUT2D eigenvalue weighted by Gasteiger charge is 2.37. The van der Waals surface area contributed by atoms with Crippen molar-refractivity contribution in [2.75, 3.05) is 0 Å². The lowest BCUT2D eigenvalue weighted by Gasteiger charge is -2.02. The van der Waals surface area contributed by atoms with Crippen LogP contribution in [0.3, 0.4) is 0 Å². The van der Waals surface area contributed by atoms with Gasteiger partial charge in [0.15, 0.2) is 0 Å². The van der Waals surface area contributed by atoms with Crippen molar-refractivity contribution in [3.63, 3.8) is 0 Å². The van der Waals surface area contributed by atoms with E-state index in [1.165, 1.54) is 12.0 Å². The van der Waals surface area contributed by atoms with Crippen molar-refractivity contribution in [2.45, 2.75) is 24.9 Å². The molecule has 0 radical (unpaired) electrons. The Balaban J connectivity index is 1.41. The van der Waals surface area contributed by atoms with Crippen LogP contribution in [0.25, 0.3) is 5.65 Å². The average Bonchev–Trinajstić information content (AvgIpc) is 3.18. The van der Waals surface area contributed by atoms with E-state index in [1.54, 1.807) is 0 Å². The fourth-order valence-electron chi connectivity index (χ4n) is 2.83. The van der Waals surface area contributed by atoms with Gasteiger partial charge in [-0.25, -0.2) is 4.98 Å². The third-order valence-electron chi connectivity index (χ3n) is 4.03. The van der Waals surface area contributed by atoms with Crippen molar-refractivity contribution < 1.29 is 0 Å². The molecule has 106 valence electrons. The minimum Gasteiger partial charge on any atom is -0.308 e. The zero-order chi connectivity index (χ0) is 14.2. The molecule has 1 aliphatic rings. The highest BCUT2D eigenvalue weighted by atomic mass is 35.5. The van der Waals surface area contributed by atoms with Crippen molar-refractivity contribution in [1.82, 2.24) is 14.7 Å². The van der Waals surface area contributed by atoms with Crippen LogP contribution in [0.15, 0.2) is 54.9 Å². The van der Waals surface area contributed by atoms with Crippen LogP contribution >= 0.6 is 11.6 Å². The second-order valence-corrected chi connectivity index (χ2v) is 6.02. The maximum atomic E-state index is 5.99. The van der Waals surface area contributed by atoms with Crippen LogP contribution in [0.2, 0.25) is 5.02 Å². The first-order valence-corrected chi connectivity index (χ1v) is 7.59. The lowest BCUT2D eigenvalue weighted by Crippen LogP contribution is -2.17. The summed E-state index contributed by atoms with van der Waals surface area (Å²) in [6, 6.07) is 15.1. The molecule has 1 aromatic carbocycles. The van der Waals surface area contributed by atoms with E-state index in [9.17, 15) is 0 Å². The SMILES string of the molecule is Clc1ccc2nc(CNC3CC3c3ccccc3)cn2c1. The number of hydrogen-bond donors (Lipinski definition) is 1. The van der Waals surface area contributed by atoms with Gasteiger partial charge in [-0.1, -0.05) is 41.9 Å². The smallest absolute Gasteiger partial charge is 0.137 e. The van der Waals surface area contributed by atoms with Crippen LogP contribution in [-0.4, -0.2) is 15.4 Å². The number of pyridine rings is 1. The average molecular weight is 298 g/mol. The molecule has 3 aromatic rings. The topological polar surface area (TPSA) is 29.3 Å². The predicted molar refractivity (Wildman–Crippen MR) is 84.6 cm³/mol. The van der Waals surface area contributed by atoms with Crippen LogP contribution in [0.5, 0.6) is 0 Å². The van der Waals surface area contributed by atoms with Crippen LogP contribution in [0, 0.1) is 0 Å². The molecule has 4 rings (SSSR count). The largest absolute Gasteiger partial charge is 0.308 e. The lowest BCUT2D eigenvalue weighted by molar-refractivity contribution is 0.663. The van der Waals surface area contributed by atoms with Gasteiger partial charge in [0, 0.05) is 30.9 Å². The molecule has 2 aromatic heterocycles. The molecule has 21 heavy (non-hydrogen) atoms. The molecule has 0 saturated heterocycles. The lowest BCUT2D eigenvalue weighted by atomic mass is 10.1. The minimum atomic E-state index is 0.570. The molecule has 0 bridgehead atoms. The Morgan fingerprint density at radius 3 is 2.86 bits per heavy atom. The fraction of sp³-hybridized carbons (Fsp3) is 0.235. The Bertz CT molecular complexity index is 766. The summed E-state index contributed by atoms with van der Waals surface area (Å²) in [7, 11) is 0. The van der Waals surface area contributed by atoms with Gasteiger partial charge in [-0.3, -0.25) is 0 Å². The summed E-state index contributed by atoms with van der Waals surface area (Å²) in [5.74, 6) is 0.651. The zero-order valence-electron chi connectivity index (χ0n) is 11.5. The third-order valence-corrected chi connectivity index (χ3v) is 4.25. The molecule has 2 heterocycles. The molecule has 0 amide bonds. The first-order chi connectivity index (χ1) is 10.3. The second-order valence-electron chi connectivity index (χ2n) is 5.59. The molecule has 3 nitrogen and oxygen atoms in total. The van der Waals surface area contributed by atoms with Gasteiger partial charge in [0.25, 0.3) is 0 Å². The molecule has 2 unspecified atom stereocenters. The standard InChI is InChI=1S/C17H16ClN3/c18-13-6-7-17-20-14(11-21(17)10-13)9-19-16-8-15(16)12-4-2-1-3-5-12/h1-7,10-11,15-16,19H,8-9H2. The van der Waals surface area contributed by atoms with Crippen molar-refractivity contribution in [1.29, 1.82) is 0 Å². The monoisotopic (exact) mass is 297 g/mol. The molecule has 1 N–H and O–H groups in total. The van der Waals surface area contributed by atoms with E-state index in [-0.39, 0.29) is 0 Å². The van der Waals surface area contributed by atoms with Gasteiger partial charge in [-0.15, -0.1) is 0 Å². The summed E-state index contributed by atoms with van der Waals surface area (Å²) in [5, 5.41) is 4.32. The Morgan fingerprint density at radius 1 is 1.14 bits per heavy atom. The normalized spacial score (nSPS) is 20.8. The van der Waals surface area contributed by atoms with Gasteiger partial charge in [0.1, 0.15) is 5.65 Å². The van der Waals surface area contributed by atoms with Gasteiger partial charge in [-0.05, 0) is 24.1 Å². The van der Waals surface area contributed by atoms with Crippen LogP contribution in [-0.2, 0) is 6.54 Å². The number of hydrogen-bond acceptors (Lipinski definition) is 2. The Labute approximate surface area is 128 Å². The summed E-state index contributed by atoms with van der Waals surface area (Å²) in [6.45, 7) is 0.799. The summed E-state index contributed by atoms with van der Waals surface area (Å²) in [6.07, 6.45) is 5.13. The summed E-state index contributed by atoms with van der Waals surface area (Å²) < 4.78 is 1.97. The van der Waals surface area contributed by atoms with E-state index in [2.05, 4.69) is 40.6 Å². The van der Waals surface area contributed by atoms with Gasteiger partial charge in [0.05, 0.1) is 10.7 Å². The first kappa shape index (κ1) is 12.9. The van der Waals surface area contributed by atoms with Gasteiger partial charge in [0.2, 0.25) is 0 Å². The van der Waals surface area contributed by atoms with Crippen molar-refractivity contribution in [2.24, 2.45) is 0 Å². The van der Waals surface area contributed by atoms with Crippen LogP contribution in [0.1, 0.15) is 23.6 Å². The molecule has 4 heteroatoms. The van der Waals surface area contributed by atoms with Gasteiger partial charge >= 0.3 is 0 Å². The summed E-state index contributed by atoms with van der Waals surface area (Å²) >= 11 is 5.99. The Morgan fingerprint density at radius 2 is 2.00 bits per heavy atom. The predicted octanol–water partition coefficient (Wildman–Crippen LogP) is 3.63. The quantitative estimate of drug-likeness (QED) is 0.797. The van der Waals surface area contributed by atoms with Crippen molar-refractivity contribution >= 4 is 17.2 Å². The number of imidazole rings is 1. The van der Waals surface area contributed by atoms with Crippen molar-refractivity contribution in [3.8, 4) is 0 Å². The summed E-state index contributed by atoms with van der Waals surface area (Å²) in [4.78, 5) is 4.59. The molecule has 1 saturated carbocycles. The first-order valence-electron chi connectivity index (χ1n) is 7.21. The molecule has 1 fully saturated rings. The Kier molecular flexibility index (Phi) is 3.17. The van der Waals surface area contributed by atoms with E-state index >= 15 is 0 Å².